The molecule has 1 fully saturated rings. The lowest BCUT2D eigenvalue weighted by Gasteiger charge is -2.41. The zero-order chi connectivity index (χ0) is 28.9. The number of hydrogen-bond acceptors (Lipinski definition) is 6. The lowest BCUT2D eigenvalue weighted by Crippen LogP contribution is -2.49. The molecule has 212 valence electrons. The Morgan fingerprint density at radius 3 is 2.54 bits per heavy atom. The van der Waals surface area contributed by atoms with Gasteiger partial charge in [0.25, 0.3) is 5.91 Å². The van der Waals surface area contributed by atoms with Crippen molar-refractivity contribution in [3.05, 3.63) is 116 Å². The van der Waals surface area contributed by atoms with E-state index in [2.05, 4.69) is 10.1 Å². The lowest BCUT2D eigenvalue weighted by atomic mass is 9.85. The topological polar surface area (TPSA) is 89.7 Å². The van der Waals surface area contributed by atoms with Crippen molar-refractivity contribution in [2.75, 3.05) is 13.2 Å². The molecule has 2 aliphatic heterocycles. The summed E-state index contributed by atoms with van der Waals surface area (Å²) in [6.07, 6.45) is 4.80. The molecule has 2 aromatic heterocycles. The first-order valence-electron chi connectivity index (χ1n) is 13.1. The van der Waals surface area contributed by atoms with Gasteiger partial charge in [0, 0.05) is 42.2 Å². The fraction of sp³-hybridized carbons (Fsp3) is 0.300. The average molecular weight is 597 g/mol. The maximum Gasteiger partial charge on any atom is 0.257 e. The highest BCUT2D eigenvalue weighted by molar-refractivity contribution is 6.30. The van der Waals surface area contributed by atoms with Gasteiger partial charge in [0.05, 0.1) is 47.3 Å². The van der Waals surface area contributed by atoms with Crippen LogP contribution in [0.25, 0.3) is 0 Å². The lowest BCUT2D eigenvalue weighted by molar-refractivity contribution is -0.148. The van der Waals surface area contributed by atoms with Gasteiger partial charge in [0.1, 0.15) is 11.4 Å². The van der Waals surface area contributed by atoms with Gasteiger partial charge in [-0.05, 0) is 55.3 Å². The van der Waals surface area contributed by atoms with Crippen molar-refractivity contribution in [2.45, 2.75) is 37.3 Å². The third-order valence-corrected chi connectivity index (χ3v) is 8.16. The summed E-state index contributed by atoms with van der Waals surface area (Å²) in [6, 6.07) is 13.0. The number of pyridine rings is 1. The first-order chi connectivity index (χ1) is 19.6. The molecule has 1 saturated heterocycles. The van der Waals surface area contributed by atoms with Crippen molar-refractivity contribution in [3.8, 4) is 0 Å². The minimum absolute atomic E-state index is 0.00530. The zero-order valence-corrected chi connectivity index (χ0v) is 23.9. The molecule has 4 aromatic rings. The quantitative estimate of drug-likeness (QED) is 0.316. The first kappa shape index (κ1) is 27.8. The van der Waals surface area contributed by atoms with Gasteiger partial charge in [-0.15, -0.1) is 0 Å². The van der Waals surface area contributed by atoms with Crippen molar-refractivity contribution < 1.29 is 23.8 Å². The minimum atomic E-state index is -1.67. The van der Waals surface area contributed by atoms with Gasteiger partial charge in [-0.1, -0.05) is 35.3 Å². The molecule has 4 heterocycles. The Kier molecular flexibility index (Phi) is 7.12. The highest BCUT2D eigenvalue weighted by Gasteiger charge is 2.56. The highest BCUT2D eigenvalue weighted by Crippen LogP contribution is 2.50. The zero-order valence-electron chi connectivity index (χ0n) is 22.4. The van der Waals surface area contributed by atoms with Crippen LogP contribution < -0.4 is 0 Å². The van der Waals surface area contributed by atoms with Crippen LogP contribution in [0, 0.1) is 5.82 Å². The smallest absolute Gasteiger partial charge is 0.257 e. The number of aromatic nitrogens is 3. The van der Waals surface area contributed by atoms with Gasteiger partial charge in [-0.2, -0.15) is 5.10 Å². The first-order valence-corrected chi connectivity index (χ1v) is 13.8. The van der Waals surface area contributed by atoms with E-state index in [9.17, 15) is 9.90 Å². The van der Waals surface area contributed by atoms with Gasteiger partial charge >= 0.3 is 0 Å². The van der Waals surface area contributed by atoms with E-state index in [1.54, 1.807) is 61.2 Å². The summed E-state index contributed by atoms with van der Waals surface area (Å²) in [6.45, 7) is 2.31. The van der Waals surface area contributed by atoms with Gasteiger partial charge < -0.3 is 14.6 Å². The van der Waals surface area contributed by atoms with Gasteiger partial charge in [-0.25, -0.2) is 4.39 Å². The highest BCUT2D eigenvalue weighted by atomic mass is 35.5. The van der Waals surface area contributed by atoms with Gasteiger partial charge in [-0.3, -0.25) is 19.4 Å². The van der Waals surface area contributed by atoms with Crippen LogP contribution in [0.1, 0.15) is 51.7 Å². The predicted molar refractivity (Wildman–Crippen MR) is 150 cm³/mol. The monoisotopic (exact) mass is 596 g/mol. The Balaban J connectivity index is 1.57. The SMILES string of the molecule is Cn1cc(C(C)(O)c2cc(F)c3c(c2)C(=O)N(Cc2ccc(Cl)cn2)[C@@]3(O[C@H]2CCOC2)c2ccc(Cl)cc2)cn1. The fourth-order valence-corrected chi connectivity index (χ4v) is 5.76. The number of halogens is 3. The number of benzene rings is 2. The number of nitrogens with zero attached hydrogens (tertiary/aromatic N) is 4. The molecule has 1 N–H and O–H groups in total. The number of carbonyl (C=O) groups excluding carboxylic acids is 1. The number of hydrogen-bond donors (Lipinski definition) is 1. The molecule has 41 heavy (non-hydrogen) atoms. The summed E-state index contributed by atoms with van der Waals surface area (Å²) in [5.74, 6) is -1.18. The fourth-order valence-electron chi connectivity index (χ4n) is 5.52. The minimum Gasteiger partial charge on any atom is -0.381 e. The molecule has 3 atom stereocenters. The Bertz CT molecular complexity index is 1600. The second-order valence-electron chi connectivity index (χ2n) is 10.5. The third-order valence-electron chi connectivity index (χ3n) is 7.68. The van der Waals surface area contributed by atoms with Crippen molar-refractivity contribution in [1.29, 1.82) is 0 Å². The van der Waals surface area contributed by atoms with E-state index in [4.69, 9.17) is 32.7 Å². The number of rotatable bonds is 7. The predicted octanol–water partition coefficient (Wildman–Crippen LogP) is 5.18. The molecule has 0 aliphatic carbocycles. The second kappa shape index (κ2) is 10.5. The Morgan fingerprint density at radius 2 is 1.90 bits per heavy atom. The van der Waals surface area contributed by atoms with Crippen LogP contribution in [0.15, 0.2) is 67.1 Å². The van der Waals surface area contributed by atoms with Crippen molar-refractivity contribution in [1.82, 2.24) is 19.7 Å². The maximum absolute atomic E-state index is 16.6. The van der Waals surface area contributed by atoms with Crippen LogP contribution in [0.4, 0.5) is 4.39 Å². The average Bonchev–Trinajstić information content (AvgIpc) is 3.67. The number of fused-ring (bicyclic) bond motifs is 1. The molecule has 1 unspecified atom stereocenters. The molecule has 8 nitrogen and oxygen atoms in total. The van der Waals surface area contributed by atoms with E-state index in [1.807, 2.05) is 0 Å². The Morgan fingerprint density at radius 1 is 1.15 bits per heavy atom. The number of aryl methyl sites for hydroxylation is 1. The number of carbonyl (C=O) groups is 1. The summed E-state index contributed by atoms with van der Waals surface area (Å²) in [5, 5.41) is 16.6. The van der Waals surface area contributed by atoms with Crippen LogP contribution in [-0.2, 0) is 34.4 Å². The van der Waals surface area contributed by atoms with Crippen molar-refractivity contribution >= 4 is 29.1 Å². The van der Waals surface area contributed by atoms with E-state index >= 15 is 4.39 Å². The van der Waals surface area contributed by atoms with Crippen LogP contribution in [0.3, 0.4) is 0 Å². The van der Waals surface area contributed by atoms with E-state index in [0.717, 1.165) is 0 Å². The molecule has 0 saturated carbocycles. The van der Waals surface area contributed by atoms with E-state index in [0.29, 0.717) is 46.5 Å². The Hall–Kier alpha value is -3.34. The second-order valence-corrected chi connectivity index (χ2v) is 11.3. The molecule has 0 bridgehead atoms. The van der Waals surface area contributed by atoms with E-state index < -0.39 is 29.2 Å². The maximum atomic E-state index is 16.6. The summed E-state index contributed by atoms with van der Waals surface area (Å²) >= 11 is 12.3. The van der Waals surface area contributed by atoms with Crippen LogP contribution >= 0.6 is 23.2 Å². The summed E-state index contributed by atoms with van der Waals surface area (Å²) in [4.78, 5) is 20.2. The standard InChI is InChI=1S/C30H27Cl2FN4O4/c1-29(39,20-13-35-36(2)15-20)19-11-25-27(26(33)12-19)30(41-24-9-10-40-17-24,18-3-5-21(31)6-4-18)37(28(25)38)16-23-8-7-22(32)14-34-23/h3-8,11-15,24,39H,9-10,16-17H2,1-2H3/t24-,29?,30+/m0/s1. The summed E-state index contributed by atoms with van der Waals surface area (Å²) < 4.78 is 30.5. The molecule has 0 spiro atoms. The van der Waals surface area contributed by atoms with Crippen molar-refractivity contribution in [3.63, 3.8) is 0 Å². The molecular weight excluding hydrogens is 570 g/mol. The van der Waals surface area contributed by atoms with Crippen molar-refractivity contribution in [2.24, 2.45) is 7.05 Å². The Labute approximate surface area is 246 Å². The molecule has 2 aliphatic rings. The van der Waals surface area contributed by atoms with Crippen LogP contribution in [0.2, 0.25) is 10.0 Å². The number of ether oxygens (including phenoxy) is 2. The summed E-state index contributed by atoms with van der Waals surface area (Å²) in [7, 11) is 1.72. The largest absolute Gasteiger partial charge is 0.381 e. The molecule has 2 aromatic carbocycles. The molecule has 11 heteroatoms. The molecule has 0 radical (unpaired) electrons. The van der Waals surface area contributed by atoms with Crippen LogP contribution in [-0.4, -0.2) is 50.0 Å². The molecule has 6 rings (SSSR count). The third kappa shape index (κ3) is 4.81. The number of amides is 1. The van der Waals surface area contributed by atoms with E-state index in [1.165, 1.54) is 29.4 Å². The van der Waals surface area contributed by atoms with E-state index in [-0.39, 0.29) is 23.2 Å². The normalized spacial score (nSPS) is 21.8. The number of aliphatic hydroxyl groups is 1. The molecule has 1 amide bonds. The van der Waals surface area contributed by atoms with Crippen LogP contribution in [0.5, 0.6) is 0 Å². The van der Waals surface area contributed by atoms with Gasteiger partial charge in [0.2, 0.25) is 5.72 Å². The van der Waals surface area contributed by atoms with Gasteiger partial charge in [0.15, 0.2) is 0 Å². The molecular formula is C30H27Cl2FN4O4. The summed E-state index contributed by atoms with van der Waals surface area (Å²) in [5.41, 5.74) is -1.46.